The first-order chi connectivity index (χ1) is 9.10. The molecule has 3 heteroatoms. The van der Waals surface area contributed by atoms with Crippen molar-refractivity contribution in [2.75, 3.05) is 6.54 Å². The third-order valence-corrected chi connectivity index (χ3v) is 3.19. The highest BCUT2D eigenvalue weighted by Gasteiger charge is 2.12. The molecule has 0 spiro atoms. The second kappa shape index (κ2) is 5.85. The number of ether oxygens (including phenoxy) is 1. The molecule has 19 heavy (non-hydrogen) atoms. The Kier molecular flexibility index (Phi) is 4.17. The number of nitrogens with two attached hydrogens (primary N) is 1. The summed E-state index contributed by atoms with van der Waals surface area (Å²) in [6.45, 7) is 4.46. The fourth-order valence-electron chi connectivity index (χ4n) is 1.92. The Bertz CT molecular complexity index is 568. The Morgan fingerprint density at radius 2 is 1.89 bits per heavy atom. The molecular weight excluding hydrogens is 241 g/mol. The zero-order valence-electron chi connectivity index (χ0n) is 11.2. The Morgan fingerprint density at radius 3 is 2.53 bits per heavy atom. The maximum Gasteiger partial charge on any atom is 0.136 e. The van der Waals surface area contributed by atoms with Crippen LogP contribution in [0.1, 0.15) is 22.8 Å². The first-order valence-corrected chi connectivity index (χ1v) is 6.29. The molecule has 2 nitrogen and oxygen atoms in total. The van der Waals surface area contributed by atoms with Gasteiger partial charge in [-0.15, -0.1) is 0 Å². The molecule has 0 aliphatic heterocycles. The quantitative estimate of drug-likeness (QED) is 0.911. The van der Waals surface area contributed by atoms with Gasteiger partial charge in [0.2, 0.25) is 0 Å². The van der Waals surface area contributed by atoms with Gasteiger partial charge >= 0.3 is 0 Å². The molecular formula is C16H18FNO. The van der Waals surface area contributed by atoms with Gasteiger partial charge in [-0.05, 0) is 42.7 Å². The van der Waals surface area contributed by atoms with Crippen LogP contribution in [0.25, 0.3) is 0 Å². The van der Waals surface area contributed by atoms with Gasteiger partial charge in [-0.25, -0.2) is 4.39 Å². The maximum absolute atomic E-state index is 13.1. The second-order valence-corrected chi connectivity index (χ2v) is 4.64. The van der Waals surface area contributed by atoms with E-state index < -0.39 is 0 Å². The van der Waals surface area contributed by atoms with Crippen LogP contribution in [0.4, 0.5) is 4.39 Å². The summed E-state index contributed by atoms with van der Waals surface area (Å²) in [5.74, 6) is 0.182. The minimum absolute atomic E-state index is 0.263. The lowest BCUT2D eigenvalue weighted by Gasteiger charge is -2.19. The van der Waals surface area contributed by atoms with Crippen LogP contribution in [-0.4, -0.2) is 6.54 Å². The van der Waals surface area contributed by atoms with Crippen molar-refractivity contribution >= 4 is 0 Å². The molecule has 100 valence electrons. The Balaban J connectivity index is 2.22. The fourth-order valence-corrected chi connectivity index (χ4v) is 1.92. The molecule has 2 aromatic rings. The number of halogens is 1. The van der Waals surface area contributed by atoms with Crippen molar-refractivity contribution in [1.29, 1.82) is 0 Å². The van der Waals surface area contributed by atoms with Crippen LogP contribution in [0.5, 0.6) is 5.75 Å². The van der Waals surface area contributed by atoms with Gasteiger partial charge in [0.1, 0.15) is 17.7 Å². The van der Waals surface area contributed by atoms with E-state index >= 15 is 0 Å². The van der Waals surface area contributed by atoms with Crippen molar-refractivity contribution in [1.82, 2.24) is 0 Å². The standard InChI is InChI=1S/C16H18FNO/c1-11-6-7-13(8-12(11)2)16(10-18)19-15-5-3-4-14(17)9-15/h3-9,16H,10,18H2,1-2H3. The van der Waals surface area contributed by atoms with Gasteiger partial charge in [-0.3, -0.25) is 0 Å². The summed E-state index contributed by atoms with van der Waals surface area (Å²) in [6, 6.07) is 12.2. The number of aryl methyl sites for hydroxylation is 2. The van der Waals surface area contributed by atoms with Gasteiger partial charge in [0.05, 0.1) is 0 Å². The highest BCUT2D eigenvalue weighted by Crippen LogP contribution is 2.23. The molecule has 0 heterocycles. The van der Waals surface area contributed by atoms with Crippen molar-refractivity contribution in [3.63, 3.8) is 0 Å². The SMILES string of the molecule is Cc1ccc(C(CN)Oc2cccc(F)c2)cc1C. The minimum atomic E-state index is -0.312. The van der Waals surface area contributed by atoms with Crippen LogP contribution < -0.4 is 10.5 Å². The number of hydrogen-bond donors (Lipinski definition) is 1. The molecule has 0 aromatic heterocycles. The minimum Gasteiger partial charge on any atom is -0.484 e. The van der Waals surface area contributed by atoms with Gasteiger partial charge in [-0.2, -0.15) is 0 Å². The van der Waals surface area contributed by atoms with Crippen LogP contribution >= 0.6 is 0 Å². The van der Waals surface area contributed by atoms with Crippen molar-refractivity contribution in [3.8, 4) is 5.75 Å². The van der Waals surface area contributed by atoms with Crippen LogP contribution in [-0.2, 0) is 0 Å². The molecule has 0 saturated carbocycles. The monoisotopic (exact) mass is 259 g/mol. The molecule has 0 bridgehead atoms. The summed E-state index contributed by atoms with van der Waals surface area (Å²) in [5, 5.41) is 0. The van der Waals surface area contributed by atoms with Crippen molar-refractivity contribution in [2.24, 2.45) is 5.73 Å². The average molecular weight is 259 g/mol. The van der Waals surface area contributed by atoms with E-state index in [0.717, 1.165) is 5.56 Å². The summed E-state index contributed by atoms with van der Waals surface area (Å²) < 4.78 is 18.9. The Labute approximate surface area is 113 Å². The number of rotatable bonds is 4. The van der Waals surface area contributed by atoms with Crippen molar-refractivity contribution in [3.05, 3.63) is 65.0 Å². The fraction of sp³-hybridized carbons (Fsp3) is 0.250. The molecule has 2 rings (SSSR count). The Morgan fingerprint density at radius 1 is 1.11 bits per heavy atom. The van der Waals surface area contributed by atoms with E-state index in [9.17, 15) is 4.39 Å². The summed E-state index contributed by atoms with van der Waals surface area (Å²) in [5.41, 5.74) is 9.19. The first kappa shape index (κ1) is 13.6. The molecule has 0 aliphatic carbocycles. The van der Waals surface area contributed by atoms with E-state index in [2.05, 4.69) is 19.9 Å². The van der Waals surface area contributed by atoms with Gasteiger partial charge in [0, 0.05) is 12.6 Å². The predicted molar refractivity (Wildman–Crippen MR) is 74.7 cm³/mol. The lowest BCUT2D eigenvalue weighted by molar-refractivity contribution is 0.213. The van der Waals surface area contributed by atoms with Crippen LogP contribution in [0.15, 0.2) is 42.5 Å². The van der Waals surface area contributed by atoms with Gasteiger partial charge in [0.25, 0.3) is 0 Å². The highest BCUT2D eigenvalue weighted by molar-refractivity contribution is 5.32. The lowest BCUT2D eigenvalue weighted by atomic mass is 10.0. The molecule has 0 amide bonds. The summed E-state index contributed by atoms with van der Waals surface area (Å²) in [4.78, 5) is 0. The van der Waals surface area contributed by atoms with E-state index in [1.54, 1.807) is 12.1 Å². The molecule has 0 saturated heterocycles. The Hall–Kier alpha value is -1.87. The van der Waals surface area contributed by atoms with Gasteiger partial charge in [-0.1, -0.05) is 24.3 Å². The molecule has 2 N–H and O–H groups in total. The average Bonchev–Trinajstić information content (AvgIpc) is 2.39. The van der Waals surface area contributed by atoms with E-state index in [1.165, 1.54) is 23.3 Å². The summed E-state index contributed by atoms with van der Waals surface area (Å²) in [6.07, 6.45) is -0.263. The molecule has 0 radical (unpaired) electrons. The van der Waals surface area contributed by atoms with E-state index in [0.29, 0.717) is 12.3 Å². The highest BCUT2D eigenvalue weighted by atomic mass is 19.1. The molecule has 2 aromatic carbocycles. The summed E-state index contributed by atoms with van der Waals surface area (Å²) in [7, 11) is 0. The molecule has 0 aliphatic rings. The lowest BCUT2D eigenvalue weighted by Crippen LogP contribution is -2.18. The zero-order valence-corrected chi connectivity index (χ0v) is 11.2. The van der Waals surface area contributed by atoms with Crippen LogP contribution in [0, 0.1) is 19.7 Å². The van der Waals surface area contributed by atoms with E-state index in [-0.39, 0.29) is 11.9 Å². The van der Waals surface area contributed by atoms with Crippen LogP contribution in [0.2, 0.25) is 0 Å². The maximum atomic E-state index is 13.1. The summed E-state index contributed by atoms with van der Waals surface area (Å²) >= 11 is 0. The third-order valence-electron chi connectivity index (χ3n) is 3.19. The van der Waals surface area contributed by atoms with E-state index in [4.69, 9.17) is 10.5 Å². The zero-order chi connectivity index (χ0) is 13.8. The van der Waals surface area contributed by atoms with E-state index in [1.807, 2.05) is 12.1 Å². The normalized spacial score (nSPS) is 12.2. The predicted octanol–water partition coefficient (Wildman–Crippen LogP) is 3.52. The first-order valence-electron chi connectivity index (χ1n) is 6.29. The molecule has 1 atom stereocenters. The second-order valence-electron chi connectivity index (χ2n) is 4.64. The number of hydrogen-bond acceptors (Lipinski definition) is 2. The van der Waals surface area contributed by atoms with Crippen LogP contribution in [0.3, 0.4) is 0 Å². The third kappa shape index (κ3) is 3.32. The molecule has 0 fully saturated rings. The van der Waals surface area contributed by atoms with Crippen molar-refractivity contribution < 1.29 is 9.13 Å². The van der Waals surface area contributed by atoms with Gasteiger partial charge < -0.3 is 10.5 Å². The largest absolute Gasteiger partial charge is 0.484 e. The smallest absolute Gasteiger partial charge is 0.136 e. The molecule has 1 unspecified atom stereocenters. The van der Waals surface area contributed by atoms with Gasteiger partial charge in [0.15, 0.2) is 0 Å². The van der Waals surface area contributed by atoms with Crippen molar-refractivity contribution in [2.45, 2.75) is 20.0 Å². The topological polar surface area (TPSA) is 35.2 Å². The number of benzene rings is 2.